The first kappa shape index (κ1) is 15.2. The second-order valence-corrected chi connectivity index (χ2v) is 7.56. The van der Waals surface area contributed by atoms with E-state index in [4.69, 9.17) is 24.7 Å². The molecule has 0 fully saturated rings. The molecule has 0 aliphatic carbocycles. The van der Waals surface area contributed by atoms with Gasteiger partial charge in [0.05, 0.1) is 0 Å². The van der Waals surface area contributed by atoms with Crippen LogP contribution in [0.5, 0.6) is 23.0 Å². The fraction of sp³-hybridized carbons (Fsp3) is 0.333. The van der Waals surface area contributed by atoms with Gasteiger partial charge in [-0.05, 0) is 0 Å². The number of anilines is 2. The SMILES string of the molecule is COc1cc(C2CC(=O)Nc3nc(N)[se]c32)c(OC)c2c1OCO2. The number of hydrogen-bond donors (Lipinski definition) is 2. The van der Waals surface area contributed by atoms with E-state index in [1.165, 1.54) is 0 Å². The Labute approximate surface area is 143 Å². The molecule has 2 aromatic rings. The number of methoxy groups -OCH3 is 2. The molecule has 1 atom stereocenters. The summed E-state index contributed by atoms with van der Waals surface area (Å²) in [5.74, 6) is 2.39. The van der Waals surface area contributed by atoms with E-state index in [9.17, 15) is 4.79 Å². The Morgan fingerprint density at radius 2 is 2.12 bits per heavy atom. The van der Waals surface area contributed by atoms with E-state index in [1.807, 2.05) is 6.07 Å². The third-order valence-corrected chi connectivity index (χ3v) is 6.12. The summed E-state index contributed by atoms with van der Waals surface area (Å²) in [7, 11) is 3.13. The molecule has 3 heterocycles. The first-order chi connectivity index (χ1) is 11.6. The van der Waals surface area contributed by atoms with Gasteiger partial charge in [-0.25, -0.2) is 0 Å². The molecule has 1 aromatic heterocycles. The molecule has 3 N–H and O–H groups in total. The van der Waals surface area contributed by atoms with Crippen molar-refractivity contribution in [3.8, 4) is 23.0 Å². The van der Waals surface area contributed by atoms with Gasteiger partial charge in [-0.2, -0.15) is 0 Å². The van der Waals surface area contributed by atoms with Crippen molar-refractivity contribution in [2.75, 3.05) is 32.1 Å². The average molecular weight is 396 g/mol. The number of hydrogen-bond acceptors (Lipinski definition) is 7. The van der Waals surface area contributed by atoms with Gasteiger partial charge in [0.15, 0.2) is 0 Å². The van der Waals surface area contributed by atoms with Gasteiger partial charge in [0, 0.05) is 0 Å². The molecular formula is C15H15N3O5Se. The van der Waals surface area contributed by atoms with E-state index in [-0.39, 0.29) is 33.1 Å². The van der Waals surface area contributed by atoms with E-state index >= 15 is 0 Å². The number of nitrogens with zero attached hydrogens (tertiary/aromatic N) is 1. The Balaban J connectivity index is 1.92. The molecule has 2 aliphatic heterocycles. The van der Waals surface area contributed by atoms with Gasteiger partial charge < -0.3 is 0 Å². The summed E-state index contributed by atoms with van der Waals surface area (Å²) in [5, 5.41) is 2.79. The standard InChI is InChI=1S/C15H15N3O5Se/c1-20-8-3-6(10(21-2)12-11(8)22-5-23-12)7-4-9(19)17-14-13(7)24-15(16)18-14/h3,7H,4-5H2,1-2H3,(H2,16,18)(H,17,19). The molecule has 0 saturated carbocycles. The van der Waals surface area contributed by atoms with Crippen LogP contribution < -0.4 is 30.0 Å². The average Bonchev–Trinajstić information content (AvgIpc) is 3.18. The van der Waals surface area contributed by atoms with Crippen LogP contribution in [0.1, 0.15) is 22.3 Å². The van der Waals surface area contributed by atoms with Crippen molar-refractivity contribution in [1.29, 1.82) is 0 Å². The Hall–Kier alpha value is -2.38. The first-order valence-corrected chi connectivity index (χ1v) is 8.94. The Bertz CT molecular complexity index is 835. The molecule has 8 nitrogen and oxygen atoms in total. The molecule has 0 radical (unpaired) electrons. The van der Waals surface area contributed by atoms with E-state index in [0.717, 1.165) is 10.0 Å². The van der Waals surface area contributed by atoms with E-state index < -0.39 is 0 Å². The normalized spacial score (nSPS) is 18.1. The van der Waals surface area contributed by atoms with Crippen molar-refractivity contribution < 1.29 is 23.7 Å². The molecular weight excluding hydrogens is 381 g/mol. The molecule has 4 rings (SSSR count). The number of nitrogens with two attached hydrogens (primary N) is 1. The molecule has 0 saturated heterocycles. The molecule has 2 aliphatic rings. The molecule has 1 unspecified atom stereocenters. The molecule has 0 bridgehead atoms. The number of fused-ring (bicyclic) bond motifs is 2. The van der Waals surface area contributed by atoms with E-state index in [1.54, 1.807) is 14.2 Å². The van der Waals surface area contributed by atoms with Crippen molar-refractivity contribution in [3.63, 3.8) is 0 Å². The maximum absolute atomic E-state index is 12.1. The third kappa shape index (κ3) is 2.20. The van der Waals surface area contributed by atoms with Gasteiger partial charge in [-0.3, -0.25) is 0 Å². The number of carbonyl (C=O) groups excluding carboxylic acids is 1. The van der Waals surface area contributed by atoms with Crippen LogP contribution in [0.25, 0.3) is 0 Å². The van der Waals surface area contributed by atoms with Crippen LogP contribution in [0.15, 0.2) is 6.07 Å². The second kappa shape index (κ2) is 5.61. The number of rotatable bonds is 3. The summed E-state index contributed by atoms with van der Waals surface area (Å²) in [4.78, 5) is 16.4. The number of nitrogens with one attached hydrogen (secondary N) is 1. The number of benzene rings is 1. The van der Waals surface area contributed by atoms with Crippen molar-refractivity contribution in [2.45, 2.75) is 12.3 Å². The number of amides is 1. The molecule has 9 heteroatoms. The quantitative estimate of drug-likeness (QED) is 0.744. The molecule has 126 valence electrons. The summed E-state index contributed by atoms with van der Waals surface area (Å²) in [6.45, 7) is 0.102. The van der Waals surface area contributed by atoms with Crippen LogP contribution in [0.2, 0.25) is 0 Å². The number of aromatic nitrogens is 1. The van der Waals surface area contributed by atoms with Crippen LogP contribution in [-0.2, 0) is 4.79 Å². The summed E-state index contributed by atoms with van der Waals surface area (Å²) in [6, 6.07) is 1.84. The van der Waals surface area contributed by atoms with Crippen molar-refractivity contribution in [2.24, 2.45) is 0 Å². The predicted molar refractivity (Wildman–Crippen MR) is 86.3 cm³/mol. The number of nitrogen functional groups attached to an aromatic ring is 1. The van der Waals surface area contributed by atoms with Gasteiger partial charge >= 0.3 is 143 Å². The number of carbonyl (C=O) groups is 1. The summed E-state index contributed by atoms with van der Waals surface area (Å²) >= 11 is -0.109. The fourth-order valence-electron chi connectivity index (χ4n) is 3.04. The van der Waals surface area contributed by atoms with Gasteiger partial charge in [0.25, 0.3) is 0 Å². The molecule has 1 amide bonds. The minimum atomic E-state index is -0.183. The van der Waals surface area contributed by atoms with Gasteiger partial charge in [-0.1, -0.05) is 0 Å². The zero-order valence-corrected chi connectivity index (χ0v) is 14.8. The van der Waals surface area contributed by atoms with Crippen molar-refractivity contribution in [1.82, 2.24) is 4.98 Å². The van der Waals surface area contributed by atoms with Crippen LogP contribution in [-0.4, -0.2) is 46.4 Å². The fourth-order valence-corrected chi connectivity index (χ4v) is 4.95. The van der Waals surface area contributed by atoms with E-state index in [0.29, 0.717) is 39.9 Å². The second-order valence-electron chi connectivity index (χ2n) is 5.34. The summed E-state index contributed by atoms with van der Waals surface area (Å²) in [5.41, 5.74) is 6.69. The zero-order valence-electron chi connectivity index (χ0n) is 13.0. The first-order valence-electron chi connectivity index (χ1n) is 7.23. The zero-order chi connectivity index (χ0) is 16.8. The van der Waals surface area contributed by atoms with Gasteiger partial charge in [0.1, 0.15) is 0 Å². The Kier molecular flexibility index (Phi) is 3.54. The van der Waals surface area contributed by atoms with Crippen LogP contribution in [0.3, 0.4) is 0 Å². The summed E-state index contributed by atoms with van der Waals surface area (Å²) in [6.07, 6.45) is 0.294. The van der Waals surface area contributed by atoms with Crippen molar-refractivity contribution >= 4 is 30.9 Å². The monoisotopic (exact) mass is 397 g/mol. The Morgan fingerprint density at radius 1 is 1.33 bits per heavy atom. The van der Waals surface area contributed by atoms with Crippen LogP contribution >= 0.6 is 0 Å². The molecule has 1 aromatic carbocycles. The van der Waals surface area contributed by atoms with Crippen LogP contribution in [0, 0.1) is 0 Å². The topological polar surface area (TPSA) is 105 Å². The van der Waals surface area contributed by atoms with Gasteiger partial charge in [0.2, 0.25) is 0 Å². The minimum absolute atomic E-state index is 0.102. The molecule has 0 spiro atoms. The number of ether oxygens (including phenoxy) is 4. The molecule has 24 heavy (non-hydrogen) atoms. The maximum atomic E-state index is 12.1. The van der Waals surface area contributed by atoms with Gasteiger partial charge in [-0.15, -0.1) is 0 Å². The summed E-state index contributed by atoms with van der Waals surface area (Å²) < 4.78 is 23.6. The predicted octanol–water partition coefficient (Wildman–Crippen LogP) is 0.941. The van der Waals surface area contributed by atoms with Crippen LogP contribution in [0.4, 0.5) is 10.5 Å². The third-order valence-electron chi connectivity index (χ3n) is 4.02. The van der Waals surface area contributed by atoms with E-state index in [2.05, 4.69) is 10.3 Å². The van der Waals surface area contributed by atoms with Crippen molar-refractivity contribution in [3.05, 3.63) is 16.1 Å². The Morgan fingerprint density at radius 3 is 2.88 bits per heavy atom.